The number of methoxy groups -OCH3 is 2. The smallest absolute Gasteiger partial charge is 0.188 e. The van der Waals surface area contributed by atoms with E-state index in [2.05, 4.69) is 185 Å². The number of nitrogens with zero attached hydrogens (tertiary/aromatic N) is 2. The summed E-state index contributed by atoms with van der Waals surface area (Å²) < 4.78 is 27.5. The fourth-order valence-electron chi connectivity index (χ4n) is 10.3. The minimum atomic E-state index is 0.0861. The fourth-order valence-corrected chi connectivity index (χ4v) is 10.3. The quantitative estimate of drug-likeness (QED) is 0.0447. The van der Waals surface area contributed by atoms with Crippen LogP contribution in [-0.4, -0.2) is 36.9 Å². The lowest BCUT2D eigenvalue weighted by Gasteiger charge is -2.28. The molecular weight excluding hydrogens is 849 g/mol. The lowest BCUT2D eigenvalue weighted by atomic mass is 9.79. The zero-order valence-corrected chi connectivity index (χ0v) is 43.5. The SMILES string of the molecule is CCCCCCCCC(C)(C)c1cc(C)c(OCOC)c(-n2c3ccccc3c3ccccc32)c1.CCCCCCCCC(C)(C)c1ccc(OCOC)c(-n2c3ccccc3c3ccccc32)c1. The minimum absolute atomic E-state index is 0.0861. The van der Waals surface area contributed by atoms with Gasteiger partial charge in [-0.1, -0.05) is 204 Å². The number of benzene rings is 6. The van der Waals surface area contributed by atoms with Crippen LogP contribution in [0.5, 0.6) is 11.5 Å². The highest BCUT2D eigenvalue weighted by Gasteiger charge is 2.26. The van der Waals surface area contributed by atoms with Gasteiger partial charge in [0.25, 0.3) is 0 Å². The number of hydrogen-bond donors (Lipinski definition) is 0. The molecule has 6 nitrogen and oxygen atoms in total. The fraction of sp³-hybridized carbons (Fsp3) is 0.429. The number of hydrogen-bond acceptors (Lipinski definition) is 4. The molecule has 8 aromatic rings. The molecule has 2 heterocycles. The van der Waals surface area contributed by atoms with Crippen molar-refractivity contribution in [2.75, 3.05) is 27.8 Å². The normalized spacial score (nSPS) is 12.0. The number of rotatable bonds is 24. The van der Waals surface area contributed by atoms with Crippen molar-refractivity contribution < 1.29 is 18.9 Å². The highest BCUT2D eigenvalue weighted by Crippen LogP contribution is 2.42. The molecule has 0 saturated carbocycles. The second-order valence-corrected chi connectivity index (χ2v) is 20.5. The number of unbranched alkanes of at least 4 members (excludes halogenated alkanes) is 10. The summed E-state index contributed by atoms with van der Waals surface area (Å²) in [6.45, 7) is 16.7. The Morgan fingerprint density at radius 2 is 0.812 bits per heavy atom. The number of para-hydroxylation sites is 4. The zero-order chi connectivity index (χ0) is 48.8. The third kappa shape index (κ3) is 12.1. The van der Waals surface area contributed by atoms with Gasteiger partial charge in [0, 0.05) is 35.8 Å². The largest absolute Gasteiger partial charge is 0.465 e. The molecular formula is C63H80N2O4. The Morgan fingerprint density at radius 3 is 1.28 bits per heavy atom. The van der Waals surface area contributed by atoms with E-state index in [0.717, 1.165) is 28.4 Å². The first-order chi connectivity index (χ1) is 33.5. The van der Waals surface area contributed by atoms with Gasteiger partial charge < -0.3 is 28.1 Å². The van der Waals surface area contributed by atoms with Crippen LogP contribution < -0.4 is 9.47 Å². The molecule has 366 valence electrons. The van der Waals surface area contributed by atoms with E-state index in [4.69, 9.17) is 18.9 Å². The van der Waals surface area contributed by atoms with E-state index in [9.17, 15) is 0 Å². The van der Waals surface area contributed by atoms with Crippen LogP contribution in [0.15, 0.2) is 127 Å². The molecule has 0 radical (unpaired) electrons. The summed E-state index contributed by atoms with van der Waals surface area (Å²) in [5.74, 6) is 1.73. The Balaban J connectivity index is 0.000000204. The van der Waals surface area contributed by atoms with Crippen molar-refractivity contribution in [2.45, 2.75) is 149 Å². The maximum absolute atomic E-state index is 6.20. The van der Waals surface area contributed by atoms with Gasteiger partial charge in [-0.2, -0.15) is 0 Å². The number of aryl methyl sites for hydroxylation is 1. The lowest BCUT2D eigenvalue weighted by molar-refractivity contribution is 0.0505. The summed E-state index contributed by atoms with van der Waals surface area (Å²) in [7, 11) is 3.34. The summed E-state index contributed by atoms with van der Waals surface area (Å²) in [5, 5.41) is 5.03. The summed E-state index contributed by atoms with van der Waals surface area (Å²) in [5.41, 5.74) is 11.0. The molecule has 0 bridgehead atoms. The van der Waals surface area contributed by atoms with E-state index < -0.39 is 0 Å². The van der Waals surface area contributed by atoms with E-state index in [1.54, 1.807) is 14.2 Å². The predicted molar refractivity (Wildman–Crippen MR) is 293 cm³/mol. The van der Waals surface area contributed by atoms with E-state index >= 15 is 0 Å². The molecule has 0 saturated heterocycles. The number of aromatic nitrogens is 2. The summed E-state index contributed by atoms with van der Waals surface area (Å²) >= 11 is 0. The molecule has 0 N–H and O–H groups in total. The number of fused-ring (bicyclic) bond motifs is 6. The van der Waals surface area contributed by atoms with Crippen LogP contribution in [0.1, 0.15) is 148 Å². The molecule has 0 amide bonds. The van der Waals surface area contributed by atoms with Crippen molar-refractivity contribution in [1.29, 1.82) is 0 Å². The highest BCUT2D eigenvalue weighted by molar-refractivity contribution is 6.10. The van der Waals surface area contributed by atoms with Crippen molar-refractivity contribution in [1.82, 2.24) is 9.13 Å². The average molecular weight is 929 g/mol. The first-order valence-corrected chi connectivity index (χ1v) is 26.0. The van der Waals surface area contributed by atoms with Crippen LogP contribution in [0.4, 0.5) is 0 Å². The van der Waals surface area contributed by atoms with E-state index in [-0.39, 0.29) is 24.4 Å². The topological polar surface area (TPSA) is 46.8 Å². The standard InChI is InChI=1S/C32H41NO2.C31H39NO2/c1-6-7-8-9-10-15-20-32(3,4)25-21-24(2)31(35-23-34-5)30(22-25)33-28-18-13-11-16-26(28)27-17-12-14-19-29(27)33;1-5-6-7-8-9-14-21-31(2,3)24-19-20-30(34-23-33-4)29(22-24)32-27-17-12-10-15-25(27)26-16-11-13-18-28(26)32/h11-14,16-19,21-22H,6-10,15,20,23H2,1-5H3;10-13,15-20,22H,5-9,14,21,23H2,1-4H3. The van der Waals surface area contributed by atoms with Gasteiger partial charge in [0.1, 0.15) is 11.5 Å². The Bertz CT molecular complexity index is 2770. The molecule has 8 rings (SSSR count). The molecule has 69 heavy (non-hydrogen) atoms. The van der Waals surface area contributed by atoms with Gasteiger partial charge >= 0.3 is 0 Å². The Morgan fingerprint density at radius 1 is 0.420 bits per heavy atom. The van der Waals surface area contributed by atoms with E-state index in [1.807, 2.05) is 0 Å². The zero-order valence-electron chi connectivity index (χ0n) is 43.5. The van der Waals surface area contributed by atoms with Gasteiger partial charge in [0.15, 0.2) is 13.6 Å². The summed E-state index contributed by atoms with van der Waals surface area (Å²) in [6.07, 6.45) is 18.3. The van der Waals surface area contributed by atoms with Gasteiger partial charge in [-0.25, -0.2) is 0 Å². The molecule has 0 aliphatic heterocycles. The van der Waals surface area contributed by atoms with Gasteiger partial charge in [0.05, 0.1) is 33.4 Å². The summed E-state index contributed by atoms with van der Waals surface area (Å²) in [6, 6.07) is 45.9. The van der Waals surface area contributed by atoms with Crippen LogP contribution in [0.3, 0.4) is 0 Å². The molecule has 0 aliphatic rings. The van der Waals surface area contributed by atoms with Gasteiger partial charge in [0.2, 0.25) is 0 Å². The first-order valence-electron chi connectivity index (χ1n) is 26.0. The monoisotopic (exact) mass is 929 g/mol. The van der Waals surface area contributed by atoms with Crippen LogP contribution in [0.25, 0.3) is 55.0 Å². The maximum Gasteiger partial charge on any atom is 0.188 e. The molecule has 0 atom stereocenters. The third-order valence-corrected chi connectivity index (χ3v) is 14.4. The molecule has 0 unspecified atom stereocenters. The summed E-state index contributed by atoms with van der Waals surface area (Å²) in [4.78, 5) is 0. The molecule has 0 aliphatic carbocycles. The van der Waals surface area contributed by atoms with Crippen molar-refractivity contribution in [3.8, 4) is 22.9 Å². The van der Waals surface area contributed by atoms with Crippen molar-refractivity contribution in [3.63, 3.8) is 0 Å². The van der Waals surface area contributed by atoms with Crippen LogP contribution >= 0.6 is 0 Å². The van der Waals surface area contributed by atoms with Crippen molar-refractivity contribution in [3.05, 3.63) is 144 Å². The highest BCUT2D eigenvalue weighted by atomic mass is 16.7. The first kappa shape index (κ1) is 51.3. The van der Waals surface area contributed by atoms with E-state index in [1.165, 1.54) is 145 Å². The lowest BCUT2D eigenvalue weighted by Crippen LogP contribution is -2.18. The Kier molecular flexibility index (Phi) is 18.1. The molecule has 2 aromatic heterocycles. The van der Waals surface area contributed by atoms with Crippen LogP contribution in [-0.2, 0) is 20.3 Å². The average Bonchev–Trinajstić information content (AvgIpc) is 3.88. The molecule has 6 aromatic carbocycles. The van der Waals surface area contributed by atoms with Gasteiger partial charge in [-0.05, 0) is 89.8 Å². The second-order valence-electron chi connectivity index (χ2n) is 20.5. The predicted octanol–water partition coefficient (Wildman–Crippen LogP) is 17.9. The van der Waals surface area contributed by atoms with Crippen LogP contribution in [0.2, 0.25) is 0 Å². The Labute approximate surface area is 413 Å². The molecule has 6 heteroatoms. The second kappa shape index (κ2) is 24.3. The van der Waals surface area contributed by atoms with Crippen molar-refractivity contribution in [2.24, 2.45) is 0 Å². The Hall–Kier alpha value is -5.56. The van der Waals surface area contributed by atoms with Crippen LogP contribution in [0, 0.1) is 6.92 Å². The maximum atomic E-state index is 6.20. The van der Waals surface area contributed by atoms with Gasteiger partial charge in [-0.15, -0.1) is 0 Å². The molecule has 0 fully saturated rings. The number of ether oxygens (including phenoxy) is 4. The molecule has 0 spiro atoms. The van der Waals surface area contributed by atoms with Crippen molar-refractivity contribution >= 4 is 43.6 Å². The third-order valence-electron chi connectivity index (χ3n) is 14.4. The van der Waals surface area contributed by atoms with Gasteiger partial charge in [-0.3, -0.25) is 0 Å². The minimum Gasteiger partial charge on any atom is -0.465 e. The van der Waals surface area contributed by atoms with E-state index in [0.29, 0.717) is 0 Å².